The van der Waals surface area contributed by atoms with Gasteiger partial charge in [-0.25, -0.2) is 9.67 Å². The molecule has 0 unspecified atom stereocenters. The van der Waals surface area contributed by atoms with Crippen molar-refractivity contribution in [2.75, 3.05) is 5.32 Å². The summed E-state index contributed by atoms with van der Waals surface area (Å²) < 4.78 is 12.9. The van der Waals surface area contributed by atoms with Gasteiger partial charge in [-0.05, 0) is 47.9 Å². The lowest BCUT2D eigenvalue weighted by molar-refractivity contribution is 0.0991. The van der Waals surface area contributed by atoms with Gasteiger partial charge < -0.3 is 9.15 Å². The largest absolute Gasteiger partial charge is 0.486 e. The van der Waals surface area contributed by atoms with Crippen molar-refractivity contribution in [2.45, 2.75) is 26.5 Å². The molecule has 0 saturated heterocycles. The molecule has 0 fully saturated rings. The fraction of sp³-hybridized carbons (Fsp3) is 0.174. The van der Waals surface area contributed by atoms with Gasteiger partial charge in [0.1, 0.15) is 24.4 Å². The summed E-state index contributed by atoms with van der Waals surface area (Å²) >= 11 is 6.17. The molecule has 7 nitrogen and oxygen atoms in total. The molecule has 158 valence electrons. The van der Waals surface area contributed by atoms with Gasteiger partial charge >= 0.3 is 0 Å². The molecule has 0 radical (unpaired) electrons. The number of benzene rings is 2. The first-order valence-corrected chi connectivity index (χ1v) is 10.2. The number of furan rings is 1. The Morgan fingerprint density at radius 3 is 2.71 bits per heavy atom. The molecular weight excluding hydrogens is 416 g/mol. The molecule has 31 heavy (non-hydrogen) atoms. The van der Waals surface area contributed by atoms with Crippen LogP contribution in [0.15, 0.2) is 71.4 Å². The number of hydrogen-bond donors (Lipinski definition) is 1. The molecule has 0 spiro atoms. The number of hydrogen-bond acceptors (Lipinski definition) is 5. The summed E-state index contributed by atoms with van der Waals surface area (Å²) in [7, 11) is 0. The molecule has 2 heterocycles. The average molecular weight is 437 g/mol. The molecule has 0 aliphatic carbocycles. The average Bonchev–Trinajstić information content (AvgIpc) is 3.44. The van der Waals surface area contributed by atoms with Crippen molar-refractivity contribution in [1.82, 2.24) is 14.8 Å². The zero-order valence-corrected chi connectivity index (χ0v) is 17.7. The van der Waals surface area contributed by atoms with E-state index < -0.39 is 5.91 Å². The van der Waals surface area contributed by atoms with Crippen molar-refractivity contribution in [2.24, 2.45) is 0 Å². The van der Waals surface area contributed by atoms with E-state index in [1.54, 1.807) is 16.8 Å². The van der Waals surface area contributed by atoms with E-state index in [1.807, 2.05) is 48.5 Å². The highest BCUT2D eigenvalue weighted by Crippen LogP contribution is 2.18. The lowest BCUT2D eigenvalue weighted by Gasteiger charge is -2.05. The van der Waals surface area contributed by atoms with E-state index >= 15 is 0 Å². The van der Waals surface area contributed by atoms with Crippen LogP contribution in [-0.4, -0.2) is 20.7 Å². The number of anilines is 1. The number of aromatic nitrogens is 3. The highest BCUT2D eigenvalue weighted by Gasteiger charge is 2.14. The Balaban J connectivity index is 1.32. The summed E-state index contributed by atoms with van der Waals surface area (Å²) in [5.41, 5.74) is 2.15. The molecule has 0 atom stereocenters. The third-order valence-corrected chi connectivity index (χ3v) is 5.02. The van der Waals surface area contributed by atoms with Crippen LogP contribution in [0.1, 0.15) is 34.4 Å². The van der Waals surface area contributed by atoms with E-state index in [1.165, 1.54) is 11.9 Å². The number of amides is 1. The number of carbonyl (C=O) groups is 1. The minimum Gasteiger partial charge on any atom is -0.486 e. The van der Waals surface area contributed by atoms with Crippen LogP contribution in [0.4, 0.5) is 5.95 Å². The van der Waals surface area contributed by atoms with Gasteiger partial charge in [-0.3, -0.25) is 10.1 Å². The van der Waals surface area contributed by atoms with Crippen LogP contribution in [0.3, 0.4) is 0 Å². The van der Waals surface area contributed by atoms with Crippen molar-refractivity contribution in [3.63, 3.8) is 0 Å². The number of nitrogens with one attached hydrogen (secondary N) is 1. The van der Waals surface area contributed by atoms with Crippen LogP contribution in [0, 0.1) is 0 Å². The molecule has 2 aromatic carbocycles. The molecule has 0 bridgehead atoms. The second-order valence-corrected chi connectivity index (χ2v) is 7.27. The third kappa shape index (κ3) is 5.32. The Bertz CT molecular complexity index is 1170. The molecule has 1 amide bonds. The van der Waals surface area contributed by atoms with Gasteiger partial charge in [0.15, 0.2) is 5.76 Å². The Labute approximate surface area is 184 Å². The van der Waals surface area contributed by atoms with Crippen LogP contribution in [0.5, 0.6) is 5.75 Å². The minimum absolute atomic E-state index is 0.155. The van der Waals surface area contributed by atoms with Crippen LogP contribution in [0.2, 0.25) is 5.02 Å². The molecule has 2 aromatic heterocycles. The second-order valence-electron chi connectivity index (χ2n) is 6.86. The fourth-order valence-electron chi connectivity index (χ4n) is 2.95. The van der Waals surface area contributed by atoms with Crippen LogP contribution < -0.4 is 10.1 Å². The lowest BCUT2D eigenvalue weighted by atomic mass is 10.2. The first-order chi connectivity index (χ1) is 15.1. The Hall–Kier alpha value is -3.58. The first-order valence-electron chi connectivity index (χ1n) is 9.85. The molecule has 4 aromatic rings. The quantitative estimate of drug-likeness (QED) is 0.422. The van der Waals surface area contributed by atoms with Gasteiger partial charge in [0, 0.05) is 5.02 Å². The number of ether oxygens (including phenoxy) is 1. The summed E-state index contributed by atoms with van der Waals surface area (Å²) in [4.78, 5) is 16.6. The normalized spacial score (nSPS) is 10.8. The predicted molar refractivity (Wildman–Crippen MR) is 117 cm³/mol. The number of nitrogens with zero attached hydrogens (tertiary/aromatic N) is 3. The zero-order valence-electron chi connectivity index (χ0n) is 16.9. The van der Waals surface area contributed by atoms with Gasteiger partial charge in [0.25, 0.3) is 5.91 Å². The van der Waals surface area contributed by atoms with Crippen molar-refractivity contribution in [3.05, 3.63) is 94.7 Å². The molecule has 4 rings (SSSR count). The van der Waals surface area contributed by atoms with E-state index in [2.05, 4.69) is 22.3 Å². The van der Waals surface area contributed by atoms with Crippen LogP contribution in [0.25, 0.3) is 0 Å². The monoisotopic (exact) mass is 436 g/mol. The second kappa shape index (κ2) is 9.49. The number of aryl methyl sites for hydroxylation is 1. The smallest absolute Gasteiger partial charge is 0.293 e. The highest BCUT2D eigenvalue weighted by atomic mass is 35.5. The van der Waals surface area contributed by atoms with Crippen molar-refractivity contribution < 1.29 is 13.9 Å². The molecule has 1 N–H and O–H groups in total. The zero-order chi connectivity index (χ0) is 21.6. The van der Waals surface area contributed by atoms with E-state index in [9.17, 15) is 4.79 Å². The summed E-state index contributed by atoms with van der Waals surface area (Å²) in [6.45, 7) is 2.78. The number of carbonyl (C=O) groups excluding carboxylic acids is 1. The van der Waals surface area contributed by atoms with E-state index in [0.717, 1.165) is 17.7 Å². The summed E-state index contributed by atoms with van der Waals surface area (Å²) in [5.74, 6) is 1.19. The van der Waals surface area contributed by atoms with Crippen molar-refractivity contribution in [1.29, 1.82) is 0 Å². The number of rotatable bonds is 8. The summed E-state index contributed by atoms with van der Waals surface area (Å²) in [6.07, 6.45) is 2.51. The standard InChI is InChI=1S/C23H21ClN4O3/c1-2-16-7-9-18(10-8-16)30-14-19-11-12-21(31-19)22(29)26-23-25-15-28(27-23)13-17-5-3-4-6-20(17)24/h3-12,15H,2,13-14H2,1H3,(H,26,27,29). The van der Waals surface area contributed by atoms with E-state index in [-0.39, 0.29) is 18.3 Å². The maximum absolute atomic E-state index is 12.4. The third-order valence-electron chi connectivity index (χ3n) is 4.65. The SMILES string of the molecule is CCc1ccc(OCc2ccc(C(=O)Nc3ncn(Cc4ccccc4Cl)n3)o2)cc1. The summed E-state index contributed by atoms with van der Waals surface area (Å²) in [6, 6.07) is 18.7. The number of halogens is 1. The fourth-order valence-corrected chi connectivity index (χ4v) is 3.14. The van der Waals surface area contributed by atoms with Gasteiger partial charge in [0.05, 0.1) is 6.54 Å². The van der Waals surface area contributed by atoms with Gasteiger partial charge in [-0.15, -0.1) is 5.10 Å². The van der Waals surface area contributed by atoms with Crippen molar-refractivity contribution >= 4 is 23.5 Å². The van der Waals surface area contributed by atoms with E-state index in [4.69, 9.17) is 20.8 Å². The van der Waals surface area contributed by atoms with Gasteiger partial charge in [0.2, 0.25) is 5.95 Å². The molecule has 8 heteroatoms. The maximum Gasteiger partial charge on any atom is 0.293 e. The van der Waals surface area contributed by atoms with Crippen LogP contribution in [-0.2, 0) is 19.6 Å². The lowest BCUT2D eigenvalue weighted by Crippen LogP contribution is -2.12. The summed E-state index contributed by atoms with van der Waals surface area (Å²) in [5, 5.41) is 7.54. The van der Waals surface area contributed by atoms with Gasteiger partial charge in [-0.1, -0.05) is 48.9 Å². The van der Waals surface area contributed by atoms with Gasteiger partial charge in [-0.2, -0.15) is 0 Å². The Kier molecular flexibility index (Phi) is 6.33. The molecular formula is C23H21ClN4O3. The molecule has 0 aliphatic heterocycles. The topological polar surface area (TPSA) is 82.2 Å². The minimum atomic E-state index is -0.436. The van der Waals surface area contributed by atoms with Crippen molar-refractivity contribution in [3.8, 4) is 5.75 Å². The maximum atomic E-state index is 12.4. The predicted octanol–water partition coefficient (Wildman–Crippen LogP) is 4.97. The highest BCUT2D eigenvalue weighted by molar-refractivity contribution is 6.31. The van der Waals surface area contributed by atoms with Crippen LogP contribution >= 0.6 is 11.6 Å². The Morgan fingerprint density at radius 1 is 1.13 bits per heavy atom. The first kappa shape index (κ1) is 20.7. The molecule has 0 saturated carbocycles. The van der Waals surface area contributed by atoms with E-state index in [0.29, 0.717) is 17.3 Å². The Morgan fingerprint density at radius 2 is 1.94 bits per heavy atom. The molecule has 0 aliphatic rings.